The molecule has 2 heterocycles. The van der Waals surface area contributed by atoms with Gasteiger partial charge in [0.2, 0.25) is 0 Å². The highest BCUT2D eigenvalue weighted by atomic mass is 79.9. The lowest BCUT2D eigenvalue weighted by Crippen LogP contribution is -2.35. The number of benzene rings is 1. The van der Waals surface area contributed by atoms with Crippen molar-refractivity contribution in [3.05, 3.63) is 21.7 Å². The number of halogens is 1. The molecule has 2 aliphatic rings. The van der Waals surface area contributed by atoms with Gasteiger partial charge in [-0.05, 0) is 59.3 Å². The van der Waals surface area contributed by atoms with E-state index < -0.39 is 0 Å². The summed E-state index contributed by atoms with van der Waals surface area (Å²) >= 11 is 3.69. The smallest absolute Gasteiger partial charge is 0.175 e. The lowest BCUT2D eigenvalue weighted by Gasteiger charge is -2.27. The molecule has 3 nitrogen and oxygen atoms in total. The molecule has 2 aliphatic heterocycles. The maximum Gasteiger partial charge on any atom is 0.175 e. The molecule has 1 saturated heterocycles. The molecule has 1 aromatic carbocycles. The fourth-order valence-corrected chi connectivity index (χ4v) is 4.09. The highest BCUT2D eigenvalue weighted by Crippen LogP contribution is 2.45. The summed E-state index contributed by atoms with van der Waals surface area (Å²) in [6, 6.07) is 2.84. The van der Waals surface area contributed by atoms with E-state index in [0.717, 1.165) is 48.6 Å². The Labute approximate surface area is 141 Å². The van der Waals surface area contributed by atoms with Crippen molar-refractivity contribution in [3.63, 3.8) is 0 Å². The van der Waals surface area contributed by atoms with Crippen LogP contribution in [-0.2, 0) is 6.42 Å². The van der Waals surface area contributed by atoms with E-state index in [9.17, 15) is 0 Å². The average Bonchev–Trinajstić information content (AvgIpc) is 2.74. The van der Waals surface area contributed by atoms with Crippen LogP contribution in [0.1, 0.15) is 56.6 Å². The summed E-state index contributed by atoms with van der Waals surface area (Å²) in [6.07, 6.45) is 5.92. The Morgan fingerprint density at radius 2 is 1.95 bits per heavy atom. The number of nitrogens with one attached hydrogen (secondary N) is 1. The molecule has 4 heteroatoms. The van der Waals surface area contributed by atoms with Crippen molar-refractivity contribution in [3.8, 4) is 11.5 Å². The molecule has 22 heavy (non-hydrogen) atoms. The van der Waals surface area contributed by atoms with Gasteiger partial charge in [-0.3, -0.25) is 0 Å². The predicted molar refractivity (Wildman–Crippen MR) is 93.2 cm³/mol. The van der Waals surface area contributed by atoms with Gasteiger partial charge in [-0.1, -0.05) is 20.3 Å². The second-order valence-electron chi connectivity index (χ2n) is 6.65. The van der Waals surface area contributed by atoms with Crippen molar-refractivity contribution >= 4 is 15.9 Å². The quantitative estimate of drug-likeness (QED) is 0.857. The fraction of sp³-hybridized carbons (Fsp3) is 0.667. The number of fused-ring (bicyclic) bond motifs is 1. The molecule has 0 amide bonds. The van der Waals surface area contributed by atoms with Crippen LogP contribution in [-0.4, -0.2) is 25.8 Å². The third kappa shape index (κ3) is 3.43. The summed E-state index contributed by atoms with van der Waals surface area (Å²) in [6.45, 7) is 7.11. The predicted octanol–water partition coefficient (Wildman–Crippen LogP) is 4.42. The number of hydrogen-bond acceptors (Lipinski definition) is 3. The fourth-order valence-electron chi connectivity index (χ4n) is 3.52. The van der Waals surface area contributed by atoms with E-state index in [0.29, 0.717) is 12.0 Å². The van der Waals surface area contributed by atoms with Gasteiger partial charge in [-0.2, -0.15) is 0 Å². The maximum atomic E-state index is 6.08. The van der Waals surface area contributed by atoms with Crippen LogP contribution in [0.3, 0.4) is 0 Å². The Bertz CT molecular complexity index is 524. The minimum absolute atomic E-state index is 0.433. The highest BCUT2D eigenvalue weighted by Gasteiger charge is 2.25. The van der Waals surface area contributed by atoms with Gasteiger partial charge in [0.25, 0.3) is 0 Å². The van der Waals surface area contributed by atoms with E-state index in [1.165, 1.54) is 30.4 Å². The standard InChI is InChI=1S/C18H26BrNO2/c1-12(2)16-13(10-14-6-3-4-7-20-14)11-15(19)17-18(16)22-9-5-8-21-17/h11-12,14,20H,3-10H2,1-2H3. The Kier molecular flexibility index (Phi) is 5.29. The zero-order valence-electron chi connectivity index (χ0n) is 13.6. The zero-order valence-corrected chi connectivity index (χ0v) is 15.2. The van der Waals surface area contributed by atoms with Crippen molar-refractivity contribution in [2.45, 2.75) is 57.9 Å². The van der Waals surface area contributed by atoms with Crippen molar-refractivity contribution in [2.75, 3.05) is 19.8 Å². The first-order valence-corrected chi connectivity index (χ1v) is 9.30. The lowest BCUT2D eigenvalue weighted by molar-refractivity contribution is 0.295. The molecule has 1 fully saturated rings. The molecule has 122 valence electrons. The molecular formula is C18H26BrNO2. The van der Waals surface area contributed by atoms with E-state index in [2.05, 4.69) is 41.2 Å². The van der Waals surface area contributed by atoms with Crippen LogP contribution in [0, 0.1) is 0 Å². The lowest BCUT2D eigenvalue weighted by atomic mass is 9.89. The molecule has 0 saturated carbocycles. The number of piperidine rings is 1. The Morgan fingerprint density at radius 3 is 2.64 bits per heavy atom. The number of ether oxygens (including phenoxy) is 2. The van der Waals surface area contributed by atoms with Crippen LogP contribution in [0.25, 0.3) is 0 Å². The van der Waals surface area contributed by atoms with Crippen molar-refractivity contribution in [2.24, 2.45) is 0 Å². The van der Waals surface area contributed by atoms with Crippen molar-refractivity contribution in [1.82, 2.24) is 5.32 Å². The summed E-state index contributed by atoms with van der Waals surface area (Å²) in [5.74, 6) is 2.29. The summed E-state index contributed by atoms with van der Waals surface area (Å²) in [5.41, 5.74) is 2.72. The molecule has 1 atom stereocenters. The van der Waals surface area contributed by atoms with Gasteiger partial charge in [0.1, 0.15) is 0 Å². The van der Waals surface area contributed by atoms with E-state index in [4.69, 9.17) is 9.47 Å². The molecule has 0 radical (unpaired) electrons. The van der Waals surface area contributed by atoms with Gasteiger partial charge in [-0.25, -0.2) is 0 Å². The Hall–Kier alpha value is -0.740. The minimum atomic E-state index is 0.433. The van der Waals surface area contributed by atoms with Crippen LogP contribution in [0.15, 0.2) is 10.5 Å². The Balaban J connectivity index is 1.97. The molecule has 3 rings (SSSR count). The summed E-state index contributed by atoms with van der Waals surface area (Å²) in [5, 5.41) is 3.66. The summed E-state index contributed by atoms with van der Waals surface area (Å²) in [7, 11) is 0. The minimum Gasteiger partial charge on any atom is -0.489 e. The zero-order chi connectivity index (χ0) is 15.5. The molecule has 1 unspecified atom stereocenters. The molecule has 0 bridgehead atoms. The van der Waals surface area contributed by atoms with Crippen LogP contribution in [0.4, 0.5) is 0 Å². The van der Waals surface area contributed by atoms with Crippen LogP contribution in [0.2, 0.25) is 0 Å². The number of rotatable bonds is 3. The first-order chi connectivity index (χ1) is 10.7. The van der Waals surface area contributed by atoms with Crippen molar-refractivity contribution < 1.29 is 9.47 Å². The van der Waals surface area contributed by atoms with Crippen LogP contribution < -0.4 is 14.8 Å². The first kappa shape index (κ1) is 16.1. The largest absolute Gasteiger partial charge is 0.489 e. The van der Waals surface area contributed by atoms with Gasteiger partial charge >= 0.3 is 0 Å². The van der Waals surface area contributed by atoms with Crippen LogP contribution in [0.5, 0.6) is 11.5 Å². The Morgan fingerprint density at radius 1 is 1.18 bits per heavy atom. The van der Waals surface area contributed by atoms with Gasteiger partial charge < -0.3 is 14.8 Å². The third-order valence-electron chi connectivity index (χ3n) is 4.55. The maximum absolute atomic E-state index is 6.08. The van der Waals surface area contributed by atoms with E-state index in [1.807, 2.05) is 0 Å². The topological polar surface area (TPSA) is 30.5 Å². The van der Waals surface area contributed by atoms with Crippen molar-refractivity contribution in [1.29, 1.82) is 0 Å². The monoisotopic (exact) mass is 367 g/mol. The van der Waals surface area contributed by atoms with E-state index >= 15 is 0 Å². The first-order valence-electron chi connectivity index (χ1n) is 8.51. The highest BCUT2D eigenvalue weighted by molar-refractivity contribution is 9.10. The molecule has 1 aromatic rings. The number of hydrogen-bond donors (Lipinski definition) is 1. The normalized spacial score (nSPS) is 21.7. The molecule has 0 aliphatic carbocycles. The SMILES string of the molecule is CC(C)c1c(CC2CCCCN2)cc(Br)c2c1OCCCO2. The van der Waals surface area contributed by atoms with Crippen LogP contribution >= 0.6 is 15.9 Å². The molecular weight excluding hydrogens is 342 g/mol. The molecule has 0 aromatic heterocycles. The average molecular weight is 368 g/mol. The molecule has 1 N–H and O–H groups in total. The second kappa shape index (κ2) is 7.22. The van der Waals surface area contributed by atoms with E-state index in [-0.39, 0.29) is 0 Å². The summed E-state index contributed by atoms with van der Waals surface area (Å²) < 4.78 is 13.0. The van der Waals surface area contributed by atoms with Gasteiger partial charge in [-0.15, -0.1) is 0 Å². The van der Waals surface area contributed by atoms with E-state index in [1.54, 1.807) is 0 Å². The van der Waals surface area contributed by atoms with Gasteiger partial charge in [0, 0.05) is 18.0 Å². The molecule has 0 spiro atoms. The third-order valence-corrected chi connectivity index (χ3v) is 5.14. The second-order valence-corrected chi connectivity index (χ2v) is 7.50. The van der Waals surface area contributed by atoms with Gasteiger partial charge in [0.05, 0.1) is 17.7 Å². The summed E-state index contributed by atoms with van der Waals surface area (Å²) in [4.78, 5) is 0. The van der Waals surface area contributed by atoms with Gasteiger partial charge in [0.15, 0.2) is 11.5 Å².